The molecule has 0 saturated heterocycles. The minimum absolute atomic E-state index is 0.0651. The van der Waals surface area contributed by atoms with Crippen molar-refractivity contribution in [2.45, 2.75) is 52.5 Å². The van der Waals surface area contributed by atoms with Crippen molar-refractivity contribution in [1.82, 2.24) is 9.55 Å². The Balaban J connectivity index is 2.45. The van der Waals surface area contributed by atoms with Crippen LogP contribution in [0.1, 0.15) is 45.1 Å². The van der Waals surface area contributed by atoms with Gasteiger partial charge in [0.2, 0.25) is 0 Å². The molecule has 1 N–H and O–H groups in total. The first-order valence-electron chi connectivity index (χ1n) is 6.48. The molecule has 1 fully saturated rings. The summed E-state index contributed by atoms with van der Waals surface area (Å²) in [6, 6.07) is 0. The average molecular weight is 271 g/mol. The lowest BCUT2D eigenvalue weighted by Crippen LogP contribution is -2.41. The second-order valence-electron chi connectivity index (χ2n) is 5.49. The number of hydrogen-bond acceptors (Lipinski definition) is 2. The van der Waals surface area contributed by atoms with Crippen LogP contribution in [0.25, 0.3) is 0 Å². The standard InChI is InChI=1S/C13H19ClN2O2/c1-3-9-10(14)15-12(18)16(11(9)17)8-13(2)6-4-5-7-13/h3-8H2,1-2H3,(H,15,18). The van der Waals surface area contributed by atoms with Gasteiger partial charge < -0.3 is 0 Å². The molecule has 0 spiro atoms. The number of H-pyrrole nitrogens is 1. The van der Waals surface area contributed by atoms with Crippen molar-refractivity contribution in [3.8, 4) is 0 Å². The summed E-state index contributed by atoms with van der Waals surface area (Å²) < 4.78 is 1.32. The van der Waals surface area contributed by atoms with Crippen molar-refractivity contribution < 1.29 is 0 Å². The van der Waals surface area contributed by atoms with E-state index in [1.54, 1.807) is 0 Å². The van der Waals surface area contributed by atoms with Crippen molar-refractivity contribution in [2.75, 3.05) is 0 Å². The van der Waals surface area contributed by atoms with E-state index >= 15 is 0 Å². The molecular formula is C13H19ClN2O2. The highest BCUT2D eigenvalue weighted by Crippen LogP contribution is 2.38. The van der Waals surface area contributed by atoms with Crippen LogP contribution in [0.5, 0.6) is 0 Å². The van der Waals surface area contributed by atoms with Gasteiger partial charge in [-0.1, -0.05) is 38.3 Å². The van der Waals surface area contributed by atoms with Crippen molar-refractivity contribution >= 4 is 11.6 Å². The summed E-state index contributed by atoms with van der Waals surface area (Å²) in [5.74, 6) is 0. The largest absolute Gasteiger partial charge is 0.329 e. The van der Waals surface area contributed by atoms with Gasteiger partial charge in [-0.2, -0.15) is 0 Å². The van der Waals surface area contributed by atoms with E-state index in [9.17, 15) is 9.59 Å². The van der Waals surface area contributed by atoms with Crippen molar-refractivity contribution in [3.63, 3.8) is 0 Å². The highest BCUT2D eigenvalue weighted by Gasteiger charge is 2.30. The molecule has 100 valence electrons. The Labute approximate surface area is 111 Å². The molecule has 1 aliphatic carbocycles. The number of halogens is 1. The van der Waals surface area contributed by atoms with Gasteiger partial charge in [-0.3, -0.25) is 14.3 Å². The zero-order valence-electron chi connectivity index (χ0n) is 10.9. The van der Waals surface area contributed by atoms with E-state index in [0.29, 0.717) is 18.5 Å². The van der Waals surface area contributed by atoms with E-state index in [4.69, 9.17) is 11.6 Å². The highest BCUT2D eigenvalue weighted by molar-refractivity contribution is 6.30. The molecule has 1 aliphatic rings. The normalized spacial score (nSPS) is 18.2. The number of aromatic amines is 1. The summed E-state index contributed by atoms with van der Waals surface area (Å²) in [6.07, 6.45) is 5.03. The predicted molar refractivity (Wildman–Crippen MR) is 72.3 cm³/mol. The van der Waals surface area contributed by atoms with Gasteiger partial charge in [-0.25, -0.2) is 4.79 Å². The molecular weight excluding hydrogens is 252 g/mol. The van der Waals surface area contributed by atoms with Crippen molar-refractivity contribution in [3.05, 3.63) is 31.6 Å². The first-order chi connectivity index (χ1) is 8.47. The minimum atomic E-state index is -0.393. The van der Waals surface area contributed by atoms with Crippen LogP contribution < -0.4 is 11.2 Å². The summed E-state index contributed by atoms with van der Waals surface area (Å²) in [7, 11) is 0. The molecule has 4 nitrogen and oxygen atoms in total. The maximum Gasteiger partial charge on any atom is 0.329 e. The fraction of sp³-hybridized carbons (Fsp3) is 0.692. The number of nitrogens with one attached hydrogen (secondary N) is 1. The predicted octanol–water partition coefficient (Wildman–Crippen LogP) is 2.33. The van der Waals surface area contributed by atoms with E-state index in [0.717, 1.165) is 12.8 Å². The Bertz CT molecular complexity index is 553. The highest BCUT2D eigenvalue weighted by atomic mass is 35.5. The third-order valence-corrected chi connectivity index (χ3v) is 4.26. The molecule has 0 amide bonds. The van der Waals surface area contributed by atoms with Crippen LogP contribution in [0.15, 0.2) is 9.59 Å². The molecule has 1 heterocycles. The van der Waals surface area contributed by atoms with E-state index in [-0.39, 0.29) is 16.1 Å². The maximum atomic E-state index is 12.2. The summed E-state index contributed by atoms with van der Waals surface area (Å²) in [4.78, 5) is 26.7. The van der Waals surface area contributed by atoms with Gasteiger partial charge in [0.15, 0.2) is 0 Å². The van der Waals surface area contributed by atoms with Crippen LogP contribution in [-0.2, 0) is 13.0 Å². The molecule has 1 saturated carbocycles. The molecule has 0 aliphatic heterocycles. The summed E-state index contributed by atoms with van der Waals surface area (Å²) in [5.41, 5.74) is -0.0667. The van der Waals surface area contributed by atoms with Crippen LogP contribution >= 0.6 is 11.6 Å². The van der Waals surface area contributed by atoms with E-state index in [1.165, 1.54) is 17.4 Å². The molecule has 0 unspecified atom stereocenters. The van der Waals surface area contributed by atoms with Crippen molar-refractivity contribution in [1.29, 1.82) is 0 Å². The van der Waals surface area contributed by atoms with Gasteiger partial charge in [0.25, 0.3) is 5.56 Å². The number of hydrogen-bond donors (Lipinski definition) is 1. The van der Waals surface area contributed by atoms with Gasteiger partial charge in [0, 0.05) is 6.54 Å². The van der Waals surface area contributed by atoms with Crippen LogP contribution in [-0.4, -0.2) is 9.55 Å². The van der Waals surface area contributed by atoms with Gasteiger partial charge in [0.1, 0.15) is 5.15 Å². The quantitative estimate of drug-likeness (QED) is 0.857. The van der Waals surface area contributed by atoms with Crippen LogP contribution in [0, 0.1) is 5.41 Å². The average Bonchev–Trinajstić information content (AvgIpc) is 2.72. The van der Waals surface area contributed by atoms with E-state index < -0.39 is 5.69 Å². The molecule has 18 heavy (non-hydrogen) atoms. The van der Waals surface area contributed by atoms with Gasteiger partial charge >= 0.3 is 5.69 Å². The lowest BCUT2D eigenvalue weighted by molar-refractivity contribution is 0.272. The summed E-state index contributed by atoms with van der Waals surface area (Å²) >= 11 is 5.89. The zero-order chi connectivity index (χ0) is 13.3. The Morgan fingerprint density at radius 1 is 1.33 bits per heavy atom. The fourth-order valence-corrected chi connectivity index (χ4v) is 3.10. The molecule has 1 aromatic heterocycles. The first-order valence-corrected chi connectivity index (χ1v) is 6.86. The topological polar surface area (TPSA) is 54.9 Å². The monoisotopic (exact) mass is 270 g/mol. The van der Waals surface area contributed by atoms with Crippen LogP contribution in [0.2, 0.25) is 5.15 Å². The zero-order valence-corrected chi connectivity index (χ0v) is 11.6. The second kappa shape index (κ2) is 4.92. The first kappa shape index (κ1) is 13.4. The molecule has 5 heteroatoms. The summed E-state index contributed by atoms with van der Waals surface area (Å²) in [5, 5.41) is 0.181. The lowest BCUT2D eigenvalue weighted by atomic mass is 9.89. The second-order valence-corrected chi connectivity index (χ2v) is 5.86. The summed E-state index contributed by atoms with van der Waals surface area (Å²) in [6.45, 7) is 4.50. The number of nitrogens with zero attached hydrogens (tertiary/aromatic N) is 1. The smallest absolute Gasteiger partial charge is 0.297 e. The van der Waals surface area contributed by atoms with Crippen molar-refractivity contribution in [2.24, 2.45) is 5.41 Å². The molecule has 1 aromatic rings. The number of aromatic nitrogens is 2. The van der Waals surface area contributed by atoms with Gasteiger partial charge in [-0.15, -0.1) is 0 Å². The molecule has 2 rings (SSSR count). The Morgan fingerprint density at radius 2 is 1.94 bits per heavy atom. The minimum Gasteiger partial charge on any atom is -0.297 e. The molecule has 0 aromatic carbocycles. The molecule has 0 bridgehead atoms. The van der Waals surface area contributed by atoms with E-state index in [2.05, 4.69) is 11.9 Å². The Hall–Kier alpha value is -1.03. The maximum absolute atomic E-state index is 12.2. The SMILES string of the molecule is CCc1c(Cl)[nH]c(=O)n(CC2(C)CCCC2)c1=O. The van der Waals surface area contributed by atoms with Gasteiger partial charge in [0.05, 0.1) is 5.56 Å². The van der Waals surface area contributed by atoms with Crippen LogP contribution in [0.4, 0.5) is 0 Å². The van der Waals surface area contributed by atoms with Gasteiger partial charge in [-0.05, 0) is 24.7 Å². The van der Waals surface area contributed by atoms with E-state index in [1.807, 2.05) is 6.92 Å². The Kier molecular flexibility index (Phi) is 3.66. The number of rotatable bonds is 3. The Morgan fingerprint density at radius 3 is 2.50 bits per heavy atom. The third-order valence-electron chi connectivity index (χ3n) is 3.93. The van der Waals surface area contributed by atoms with Crippen LogP contribution in [0.3, 0.4) is 0 Å². The lowest BCUT2D eigenvalue weighted by Gasteiger charge is -2.24. The molecule has 0 atom stereocenters. The molecule has 0 radical (unpaired) electrons. The fourth-order valence-electron chi connectivity index (χ4n) is 2.80. The third kappa shape index (κ3) is 2.39.